The number of hydrogen-bond acceptors (Lipinski definition) is 5. The lowest BCUT2D eigenvalue weighted by molar-refractivity contribution is -0.384. The number of rotatable bonds is 6. The molecule has 1 saturated heterocycles. The molecule has 0 saturated carbocycles. The molecule has 0 aromatic heterocycles. The number of nitrogens with one attached hydrogen (secondary N) is 1. The van der Waals surface area contributed by atoms with Crippen LogP contribution in [0.4, 0.5) is 16.2 Å². The molecule has 3 aromatic carbocycles. The fraction of sp³-hybridized carbons (Fsp3) is 0.0435. The molecule has 0 spiro atoms. The van der Waals surface area contributed by atoms with Gasteiger partial charge in [-0.05, 0) is 73.3 Å². The van der Waals surface area contributed by atoms with E-state index in [1.807, 2.05) is 0 Å². The molecule has 0 atom stereocenters. The Morgan fingerprint density at radius 1 is 1.00 bits per heavy atom. The molecular formula is C23H15Br2N3O5. The van der Waals surface area contributed by atoms with Crippen molar-refractivity contribution in [1.29, 1.82) is 0 Å². The number of carbonyl (C=O) groups is 2. The highest BCUT2D eigenvalue weighted by atomic mass is 79.9. The third kappa shape index (κ3) is 4.96. The van der Waals surface area contributed by atoms with Gasteiger partial charge in [-0.2, -0.15) is 0 Å². The second-order valence-corrected chi connectivity index (χ2v) is 8.70. The third-order valence-corrected chi connectivity index (χ3v) is 5.91. The van der Waals surface area contributed by atoms with Gasteiger partial charge in [0.25, 0.3) is 11.6 Å². The number of hydrogen-bond donors (Lipinski definition) is 1. The van der Waals surface area contributed by atoms with Gasteiger partial charge in [0.1, 0.15) is 18.1 Å². The van der Waals surface area contributed by atoms with Crippen LogP contribution in [0.15, 0.2) is 81.4 Å². The summed E-state index contributed by atoms with van der Waals surface area (Å²) in [5, 5.41) is 13.5. The number of non-ortho nitro benzene ring substituents is 1. The number of ether oxygens (including phenoxy) is 1. The maximum atomic E-state index is 12.8. The van der Waals surface area contributed by atoms with Gasteiger partial charge in [0.05, 0.1) is 19.6 Å². The van der Waals surface area contributed by atoms with E-state index < -0.39 is 16.9 Å². The summed E-state index contributed by atoms with van der Waals surface area (Å²) < 4.78 is 7.05. The average molecular weight is 573 g/mol. The number of benzene rings is 3. The van der Waals surface area contributed by atoms with Gasteiger partial charge in [0, 0.05) is 12.1 Å². The second kappa shape index (κ2) is 9.55. The van der Waals surface area contributed by atoms with Crippen LogP contribution >= 0.6 is 31.9 Å². The van der Waals surface area contributed by atoms with Gasteiger partial charge in [0.15, 0.2) is 0 Å². The van der Waals surface area contributed by atoms with Crippen LogP contribution in [0.2, 0.25) is 0 Å². The van der Waals surface area contributed by atoms with E-state index in [1.54, 1.807) is 60.7 Å². The Morgan fingerprint density at radius 3 is 2.36 bits per heavy atom. The summed E-state index contributed by atoms with van der Waals surface area (Å²) in [6.07, 6.45) is 1.57. The Bertz CT molecular complexity index is 1270. The summed E-state index contributed by atoms with van der Waals surface area (Å²) in [7, 11) is 0. The van der Waals surface area contributed by atoms with Crippen LogP contribution in [0.5, 0.6) is 5.75 Å². The van der Waals surface area contributed by atoms with E-state index in [0.29, 0.717) is 31.5 Å². The number of nitro benzene ring substituents is 1. The number of imide groups is 1. The monoisotopic (exact) mass is 571 g/mol. The smallest absolute Gasteiger partial charge is 0.333 e. The predicted molar refractivity (Wildman–Crippen MR) is 130 cm³/mol. The van der Waals surface area contributed by atoms with Gasteiger partial charge in [-0.25, -0.2) is 9.69 Å². The molecule has 4 rings (SSSR count). The lowest BCUT2D eigenvalue weighted by Crippen LogP contribution is -2.30. The zero-order valence-corrected chi connectivity index (χ0v) is 20.0. The molecule has 10 heteroatoms. The van der Waals surface area contributed by atoms with Crippen molar-refractivity contribution in [3.05, 3.63) is 103 Å². The Balaban J connectivity index is 1.53. The van der Waals surface area contributed by atoms with Crippen molar-refractivity contribution >= 4 is 61.2 Å². The second-order valence-electron chi connectivity index (χ2n) is 6.99. The van der Waals surface area contributed by atoms with Gasteiger partial charge < -0.3 is 10.1 Å². The van der Waals surface area contributed by atoms with Gasteiger partial charge in [-0.3, -0.25) is 14.9 Å². The summed E-state index contributed by atoms with van der Waals surface area (Å²) in [6.45, 7) is 0.125. The molecule has 1 N–H and O–H groups in total. The van der Waals surface area contributed by atoms with Crippen LogP contribution < -0.4 is 15.0 Å². The number of para-hydroxylation sites is 1. The van der Waals surface area contributed by atoms with E-state index in [-0.39, 0.29) is 18.0 Å². The van der Waals surface area contributed by atoms with Crippen LogP contribution in [0, 0.1) is 10.1 Å². The van der Waals surface area contributed by atoms with E-state index in [9.17, 15) is 19.7 Å². The zero-order chi connectivity index (χ0) is 23.5. The lowest BCUT2D eigenvalue weighted by atomic mass is 10.1. The Labute approximate surface area is 205 Å². The number of carbonyl (C=O) groups excluding carboxylic acids is 2. The largest absolute Gasteiger partial charge is 0.487 e. The number of amides is 3. The van der Waals surface area contributed by atoms with Crippen LogP contribution in [0.3, 0.4) is 0 Å². The highest BCUT2D eigenvalue weighted by Crippen LogP contribution is 2.36. The Morgan fingerprint density at radius 2 is 1.70 bits per heavy atom. The number of anilines is 1. The first kappa shape index (κ1) is 22.7. The first-order chi connectivity index (χ1) is 15.8. The van der Waals surface area contributed by atoms with E-state index in [0.717, 1.165) is 4.90 Å². The third-order valence-electron chi connectivity index (χ3n) is 4.73. The van der Waals surface area contributed by atoms with Crippen molar-refractivity contribution in [2.75, 3.05) is 4.90 Å². The quantitative estimate of drug-likeness (QED) is 0.174. The van der Waals surface area contributed by atoms with Crippen molar-refractivity contribution < 1.29 is 19.2 Å². The minimum absolute atomic E-state index is 0.0102. The molecule has 0 unspecified atom stereocenters. The molecule has 1 aliphatic heterocycles. The van der Waals surface area contributed by atoms with Gasteiger partial charge >= 0.3 is 6.03 Å². The molecule has 1 fully saturated rings. The van der Waals surface area contributed by atoms with Gasteiger partial charge in [0.2, 0.25) is 0 Å². The minimum Gasteiger partial charge on any atom is -0.487 e. The fourth-order valence-corrected chi connectivity index (χ4v) is 4.68. The standard InChI is InChI=1S/C23H15Br2N3O5/c24-18-10-15(12-20-22(29)27(23(30)26-20)16-6-2-1-3-7-16)11-19(25)21(18)33-13-14-5-4-8-17(9-14)28(31)32/h1-12H,13H2,(H,26,30)/b20-12+. The predicted octanol–water partition coefficient (Wildman–Crippen LogP) is 5.80. The highest BCUT2D eigenvalue weighted by molar-refractivity contribution is 9.11. The number of nitrogens with zero attached hydrogens (tertiary/aromatic N) is 2. The summed E-state index contributed by atoms with van der Waals surface area (Å²) in [6, 6.07) is 17.8. The summed E-state index contributed by atoms with van der Waals surface area (Å²) in [4.78, 5) is 36.7. The first-order valence-electron chi connectivity index (χ1n) is 9.61. The molecule has 0 radical (unpaired) electrons. The van der Waals surface area contributed by atoms with E-state index in [4.69, 9.17) is 4.74 Å². The number of halogens is 2. The summed E-state index contributed by atoms with van der Waals surface area (Å²) in [5.41, 5.74) is 1.91. The zero-order valence-electron chi connectivity index (χ0n) is 16.8. The molecular weight excluding hydrogens is 558 g/mol. The molecule has 0 aliphatic carbocycles. The summed E-state index contributed by atoms with van der Waals surface area (Å²) in [5.74, 6) is 0.0424. The van der Waals surface area contributed by atoms with Crippen molar-refractivity contribution in [2.24, 2.45) is 0 Å². The highest BCUT2D eigenvalue weighted by Gasteiger charge is 2.34. The summed E-state index contributed by atoms with van der Waals surface area (Å²) >= 11 is 6.92. The first-order valence-corrected chi connectivity index (χ1v) is 11.2. The molecule has 33 heavy (non-hydrogen) atoms. The minimum atomic E-state index is -0.521. The van der Waals surface area contributed by atoms with Crippen LogP contribution in [0.1, 0.15) is 11.1 Å². The number of nitro groups is 1. The Hall–Kier alpha value is -3.50. The lowest BCUT2D eigenvalue weighted by Gasteiger charge is -2.12. The normalized spacial score (nSPS) is 14.5. The van der Waals surface area contributed by atoms with Crippen molar-refractivity contribution in [3.8, 4) is 5.75 Å². The van der Waals surface area contributed by atoms with E-state index >= 15 is 0 Å². The maximum Gasteiger partial charge on any atom is 0.333 e. The van der Waals surface area contributed by atoms with E-state index in [1.165, 1.54) is 12.1 Å². The Kier molecular flexibility index (Phi) is 6.57. The van der Waals surface area contributed by atoms with Crippen molar-refractivity contribution in [1.82, 2.24) is 5.32 Å². The van der Waals surface area contributed by atoms with Crippen molar-refractivity contribution in [2.45, 2.75) is 6.61 Å². The molecule has 1 heterocycles. The molecule has 3 aromatic rings. The van der Waals surface area contributed by atoms with Crippen LogP contribution in [-0.4, -0.2) is 16.9 Å². The molecule has 166 valence electrons. The van der Waals surface area contributed by atoms with Crippen molar-refractivity contribution in [3.63, 3.8) is 0 Å². The molecule has 8 nitrogen and oxygen atoms in total. The maximum absolute atomic E-state index is 12.8. The van der Waals surface area contributed by atoms with Crippen LogP contribution in [-0.2, 0) is 11.4 Å². The fourth-order valence-electron chi connectivity index (χ4n) is 3.23. The molecule has 1 aliphatic rings. The molecule has 0 bridgehead atoms. The van der Waals surface area contributed by atoms with Gasteiger partial charge in [-0.15, -0.1) is 0 Å². The van der Waals surface area contributed by atoms with Gasteiger partial charge in [-0.1, -0.05) is 30.3 Å². The molecule has 3 amide bonds. The average Bonchev–Trinajstić information content (AvgIpc) is 3.06. The van der Waals surface area contributed by atoms with Crippen LogP contribution in [0.25, 0.3) is 6.08 Å². The SMILES string of the molecule is O=C1N/C(=C/c2cc(Br)c(OCc3cccc([N+](=O)[O-])c3)c(Br)c2)C(=O)N1c1ccccc1. The number of urea groups is 1. The van der Waals surface area contributed by atoms with E-state index in [2.05, 4.69) is 37.2 Å². The topological polar surface area (TPSA) is 102 Å².